The summed E-state index contributed by atoms with van der Waals surface area (Å²) in [6.07, 6.45) is 9.37. The van der Waals surface area contributed by atoms with Gasteiger partial charge in [0.1, 0.15) is 0 Å². The average molecular weight is 321 g/mol. The van der Waals surface area contributed by atoms with Crippen molar-refractivity contribution in [3.63, 3.8) is 0 Å². The maximum absolute atomic E-state index is 2.56. The first-order valence-electron chi connectivity index (χ1n) is 12.3. The maximum Gasteiger partial charge on any atom is 0.0594 e. The minimum Gasteiger partial charge on any atom is 0.000265 e. The van der Waals surface area contributed by atoms with Crippen molar-refractivity contribution in [1.82, 2.24) is 0 Å². The van der Waals surface area contributed by atoms with Gasteiger partial charge >= 0.3 is 0 Å². The standard InChI is InChI=1S/B27H29/c1-15-22(14)26(23(16(2)3)17(4)5)27(24(18(6)7)19(8)9)25(20(10)11)21(12)13/h15H,1-14H2. The van der Waals surface area contributed by atoms with Gasteiger partial charge in [-0.3, -0.25) is 0 Å². The Labute approximate surface area is 191 Å². The predicted molar refractivity (Wildman–Crippen MR) is 196 cm³/mol. The highest BCUT2D eigenvalue weighted by Gasteiger charge is 2.51. The highest BCUT2D eigenvalue weighted by Crippen LogP contribution is 2.12. The molecule has 0 unspecified atom stereocenters. The molecule has 0 rings (SSSR count). The van der Waals surface area contributed by atoms with Gasteiger partial charge in [-0.05, 0) is 0 Å². The second-order valence-corrected chi connectivity index (χ2v) is 11.7. The van der Waals surface area contributed by atoms with Crippen LogP contribution in [0.1, 0.15) is 0 Å². The van der Waals surface area contributed by atoms with Crippen molar-refractivity contribution in [2.75, 3.05) is 0 Å². The zero-order valence-electron chi connectivity index (χ0n) is 21.6. The fourth-order valence-corrected chi connectivity index (χ4v) is 7.03. The van der Waals surface area contributed by atoms with Crippen LogP contribution in [0.3, 0.4) is 0 Å². The summed E-state index contributed by atoms with van der Waals surface area (Å²) in [5.41, 5.74) is 0. The summed E-state index contributed by atoms with van der Waals surface area (Å²) in [5.74, 6) is 0. The fourth-order valence-electron chi connectivity index (χ4n) is 7.03. The molecule has 0 nitrogen and oxygen atoms in total. The molecule has 0 aliphatic carbocycles. The predicted octanol–water partition coefficient (Wildman–Crippen LogP) is -18.0. The fraction of sp³-hybridized carbons (Fsp3) is 0. The van der Waals surface area contributed by atoms with Crippen molar-refractivity contribution in [2.24, 2.45) is 0 Å². The Morgan fingerprint density at radius 2 is 0.556 bits per heavy atom. The topological polar surface area (TPSA) is 0 Å². The highest BCUT2D eigenvalue weighted by molar-refractivity contribution is 8.25. The van der Waals surface area contributed by atoms with Gasteiger partial charge in [-0.15, -0.1) is 0 Å². The molecule has 0 aromatic carbocycles. The lowest BCUT2D eigenvalue weighted by Crippen LogP contribution is -2.86. The second-order valence-electron chi connectivity index (χ2n) is 11.7. The molecule has 110 valence electrons. The Hall–Kier alpha value is 1.75. The van der Waals surface area contributed by atoms with Crippen LogP contribution in [0.15, 0.2) is 0 Å². The van der Waals surface area contributed by atoms with Gasteiger partial charge in [0.2, 0.25) is 0 Å². The summed E-state index contributed by atoms with van der Waals surface area (Å²) in [5, 5.41) is 0. The molecule has 27 heteroatoms. The Morgan fingerprint density at radius 3 is 0.741 bits per heavy atom. The molecule has 0 N–H and O–H groups in total. The van der Waals surface area contributed by atoms with Gasteiger partial charge < -0.3 is 0 Å². The lowest BCUT2D eigenvalue weighted by molar-refractivity contribution is 3.27. The third-order valence-corrected chi connectivity index (χ3v) is 7.70. The van der Waals surface area contributed by atoms with Crippen LogP contribution in [-0.4, -0.2) is 192 Å². The van der Waals surface area contributed by atoms with E-state index in [0.717, 1.165) is 76.6 Å². The van der Waals surface area contributed by atoms with E-state index in [1.165, 1.54) is 7.06 Å². The molecule has 0 fully saturated rings. The molecule has 0 aromatic heterocycles. The number of rotatable bonds is 12. The van der Waals surface area contributed by atoms with Gasteiger partial charge in [-0.2, -0.15) is 0 Å². The summed E-state index contributed by atoms with van der Waals surface area (Å²) >= 11 is 0. The Bertz CT molecular complexity index is 329. The third-order valence-electron chi connectivity index (χ3n) is 7.70. The summed E-state index contributed by atoms with van der Waals surface area (Å²) in [7, 11) is 36.1. The molecular weight excluding hydrogens is 292 g/mol. The smallest absolute Gasteiger partial charge is 0.000265 e. The van der Waals surface area contributed by atoms with E-state index in [0.29, 0.717) is 0 Å². The van der Waals surface area contributed by atoms with Crippen LogP contribution in [0.25, 0.3) is 0 Å². The van der Waals surface area contributed by atoms with Crippen LogP contribution >= 0.6 is 0 Å². The summed E-state index contributed by atoms with van der Waals surface area (Å²) < 4.78 is 0. The van der Waals surface area contributed by atoms with E-state index >= 15 is 0 Å². The molecule has 0 saturated carbocycles. The molecule has 0 bridgehead atoms. The zero-order chi connectivity index (χ0) is 21.6. The monoisotopic (exact) mass is 326 g/mol. The maximum atomic E-state index is 2.56. The number of hydrogen-bond acceptors (Lipinski definition) is 0. The van der Waals surface area contributed by atoms with E-state index in [2.05, 4.69) is 108 Å². The normalized spacial score (nSPS) is 9.33. The van der Waals surface area contributed by atoms with Crippen LogP contribution in [0.2, 0.25) is 0 Å². The SMILES string of the molecule is BBB(B)B(B(B(B)B)B(B)B)B(B(B(B)B)B(B)B)B(B(B)B)B(B)B. The first kappa shape index (κ1) is 28.8. The Balaban J connectivity index is 6.66. The lowest BCUT2D eigenvalue weighted by atomic mass is 8.33. The third kappa shape index (κ3) is 8.07. The lowest BCUT2D eigenvalue weighted by Gasteiger charge is -2.47. The van der Waals surface area contributed by atoms with Crippen molar-refractivity contribution in [3.05, 3.63) is 0 Å². The van der Waals surface area contributed by atoms with Crippen molar-refractivity contribution in [1.29, 1.82) is 0 Å². The second kappa shape index (κ2) is 13.2. The van der Waals surface area contributed by atoms with Crippen LogP contribution < -0.4 is 0 Å². The van der Waals surface area contributed by atoms with Gasteiger partial charge in [0, 0.05) is 83.7 Å². The van der Waals surface area contributed by atoms with E-state index in [1.807, 2.05) is 0 Å². The molecular formula is H29B27. The number of hydrogen-bond donors (Lipinski definition) is 0. The quantitative estimate of drug-likeness (QED) is 0.313. The molecule has 0 aromatic rings. The van der Waals surface area contributed by atoms with E-state index in [9.17, 15) is 0 Å². The molecule has 0 aliphatic rings. The van der Waals surface area contributed by atoms with Crippen LogP contribution in [0.5, 0.6) is 0 Å². The summed E-state index contributed by atoms with van der Waals surface area (Å²) in [4.78, 5) is 0. The molecule has 27 heavy (non-hydrogen) atoms. The molecule has 0 aliphatic heterocycles. The van der Waals surface area contributed by atoms with E-state index in [-0.39, 0.29) is 0 Å². The van der Waals surface area contributed by atoms with Crippen LogP contribution in [0.4, 0.5) is 0 Å². The van der Waals surface area contributed by atoms with E-state index < -0.39 is 0 Å². The van der Waals surface area contributed by atoms with Gasteiger partial charge in [-0.25, -0.2) is 0 Å². The summed E-state index contributed by atoms with van der Waals surface area (Å²) in [6, 6.07) is 0. The average Bonchev–Trinajstić information content (AvgIpc) is 2.48. The molecule has 0 saturated heterocycles. The zero-order valence-corrected chi connectivity index (χ0v) is 21.6. The van der Waals surface area contributed by atoms with Gasteiger partial charge in [0.15, 0.2) is 0 Å². The van der Waals surface area contributed by atoms with Crippen molar-refractivity contribution < 1.29 is 0 Å². The van der Waals surface area contributed by atoms with Crippen molar-refractivity contribution >= 4 is 192 Å². The highest BCUT2D eigenvalue weighted by atomic mass is 13.3. The Morgan fingerprint density at radius 1 is 0.333 bits per heavy atom. The first-order valence-corrected chi connectivity index (χ1v) is 12.3. The molecule has 0 atom stereocenters. The van der Waals surface area contributed by atoms with Crippen LogP contribution in [0, 0.1) is 0 Å². The van der Waals surface area contributed by atoms with E-state index in [4.69, 9.17) is 0 Å². The van der Waals surface area contributed by atoms with Gasteiger partial charge in [-0.1, -0.05) is 0 Å². The molecule has 0 radical (unpaired) electrons. The van der Waals surface area contributed by atoms with Crippen LogP contribution in [-0.2, 0) is 0 Å². The Kier molecular flexibility index (Phi) is 14.1. The molecule has 0 amide bonds. The largest absolute Gasteiger partial charge is 0.0594 e. The van der Waals surface area contributed by atoms with Gasteiger partial charge in [0.25, 0.3) is 0 Å². The van der Waals surface area contributed by atoms with Crippen molar-refractivity contribution in [2.45, 2.75) is 0 Å². The molecule has 0 heterocycles. The minimum atomic E-state index is 0.751. The minimum absolute atomic E-state index is 0.751. The van der Waals surface area contributed by atoms with Crippen molar-refractivity contribution in [3.8, 4) is 0 Å². The summed E-state index contributed by atoms with van der Waals surface area (Å²) in [6.45, 7) is 0. The molecule has 0 spiro atoms. The first-order chi connectivity index (χ1) is 12.3. The van der Waals surface area contributed by atoms with E-state index in [1.54, 1.807) is 0 Å². The van der Waals surface area contributed by atoms with Gasteiger partial charge in [0.05, 0.1) is 108 Å².